The number of aryl methyl sites for hydroxylation is 1. The molecule has 0 aliphatic carbocycles. The molecule has 5 rings (SSSR count). The first kappa shape index (κ1) is 29.3. The lowest BCUT2D eigenvalue weighted by Crippen LogP contribution is -2.49. The fraction of sp³-hybridized carbons (Fsp3) is 0.414. The zero-order chi connectivity index (χ0) is 29.1. The van der Waals surface area contributed by atoms with Crippen LogP contribution in [0.2, 0.25) is 5.02 Å². The summed E-state index contributed by atoms with van der Waals surface area (Å²) >= 11 is 6.44. The highest BCUT2D eigenvalue weighted by Crippen LogP contribution is 2.40. The number of fused-ring (bicyclic) bond motifs is 1. The van der Waals surface area contributed by atoms with Gasteiger partial charge in [-0.1, -0.05) is 23.7 Å². The fourth-order valence-electron chi connectivity index (χ4n) is 5.23. The molecule has 2 aliphatic rings. The van der Waals surface area contributed by atoms with Crippen molar-refractivity contribution in [3.63, 3.8) is 0 Å². The zero-order valence-electron chi connectivity index (χ0n) is 24.0. The Hall–Kier alpha value is -3.17. The molecule has 3 heterocycles. The van der Waals surface area contributed by atoms with Crippen LogP contribution in [0.1, 0.15) is 12.0 Å². The summed E-state index contributed by atoms with van der Waals surface area (Å²) in [5.74, 6) is 1.41. The molecule has 0 unspecified atom stereocenters. The number of rotatable bonds is 8. The molecule has 3 aromatic rings. The van der Waals surface area contributed by atoms with Gasteiger partial charge in [-0.25, -0.2) is 4.98 Å². The van der Waals surface area contributed by atoms with Gasteiger partial charge >= 0.3 is 0 Å². The predicted octanol–water partition coefficient (Wildman–Crippen LogP) is 4.40. The van der Waals surface area contributed by atoms with Crippen molar-refractivity contribution in [2.75, 3.05) is 82.3 Å². The van der Waals surface area contributed by atoms with Crippen LogP contribution >= 0.6 is 18.7 Å². The van der Waals surface area contributed by atoms with Crippen LogP contribution in [0.3, 0.4) is 0 Å². The number of hydrogen-bond acceptors (Lipinski definition) is 9. The Morgan fingerprint density at radius 2 is 1.83 bits per heavy atom. The van der Waals surface area contributed by atoms with Gasteiger partial charge < -0.3 is 29.7 Å². The number of para-hydroxylation sites is 1. The Labute approximate surface area is 246 Å². The normalized spacial score (nSPS) is 16.3. The van der Waals surface area contributed by atoms with Crippen molar-refractivity contribution < 1.29 is 14.1 Å². The summed E-state index contributed by atoms with van der Waals surface area (Å²) in [4.78, 5) is 28.7. The minimum Gasteiger partial charge on any atom is -0.494 e. The van der Waals surface area contributed by atoms with Gasteiger partial charge in [-0.2, -0.15) is 4.98 Å². The third kappa shape index (κ3) is 6.84. The summed E-state index contributed by atoms with van der Waals surface area (Å²) in [5.41, 5.74) is 3.33. The molecule has 0 radical (unpaired) electrons. The van der Waals surface area contributed by atoms with E-state index in [1.54, 1.807) is 20.4 Å². The molecular formula is C29H37ClN7O3P. The van der Waals surface area contributed by atoms with Gasteiger partial charge in [0.15, 0.2) is 5.82 Å². The van der Waals surface area contributed by atoms with Crippen LogP contribution in [-0.2, 0) is 15.8 Å². The van der Waals surface area contributed by atoms with Crippen LogP contribution in [-0.4, -0.2) is 92.4 Å². The number of nitrogens with zero attached hydrogens (tertiary/aromatic N) is 5. The second-order valence-electron chi connectivity index (χ2n) is 10.9. The molecule has 2 aromatic carbocycles. The molecule has 1 saturated heterocycles. The van der Waals surface area contributed by atoms with Crippen molar-refractivity contribution in [2.24, 2.45) is 0 Å². The lowest BCUT2D eigenvalue weighted by Gasteiger charge is -2.35. The summed E-state index contributed by atoms with van der Waals surface area (Å²) in [6.07, 6.45) is 3.26. The number of likely N-dealkylation sites (N-methyl/N-ethyl adjacent to an activating group) is 1. The molecule has 41 heavy (non-hydrogen) atoms. The van der Waals surface area contributed by atoms with Crippen molar-refractivity contribution >= 4 is 58.8 Å². The number of ether oxygens (including phenoxy) is 1. The van der Waals surface area contributed by atoms with Gasteiger partial charge in [0.25, 0.3) is 0 Å². The van der Waals surface area contributed by atoms with Gasteiger partial charge in [0, 0.05) is 44.1 Å². The molecule has 2 aliphatic heterocycles. The fourth-order valence-corrected chi connectivity index (χ4v) is 6.53. The number of amides is 1. The average molecular weight is 598 g/mol. The van der Waals surface area contributed by atoms with Gasteiger partial charge in [0.05, 0.1) is 36.9 Å². The van der Waals surface area contributed by atoms with Crippen LogP contribution < -0.4 is 25.6 Å². The number of halogens is 1. The van der Waals surface area contributed by atoms with Crippen LogP contribution in [0, 0.1) is 0 Å². The first-order valence-corrected chi connectivity index (χ1v) is 16.7. The molecule has 1 aromatic heterocycles. The number of carbonyl (C=O) groups excluding carboxylic acids is 1. The number of nitrogens with one attached hydrogen (secondary N) is 2. The molecule has 0 saturated carbocycles. The standard InChI is InChI=1S/C29H37ClN7O3P/c1-35-12-14-36(15-13-35)19-27(38)37-11-7-8-20-16-23(25(40-2)17-24(20)37)33-29-31-18-21(30)28(34-29)32-22-9-5-6-10-26(22)41(3,4)39/h5-6,9-10,16-18H,7-8,11-15,19H2,1-4H3,(H2,31,32,33,34). The molecule has 10 nitrogen and oxygen atoms in total. The van der Waals surface area contributed by atoms with E-state index in [0.717, 1.165) is 50.3 Å². The zero-order valence-corrected chi connectivity index (χ0v) is 25.6. The Morgan fingerprint density at radius 3 is 2.56 bits per heavy atom. The molecule has 0 bridgehead atoms. The van der Waals surface area contributed by atoms with E-state index in [2.05, 4.69) is 37.4 Å². The van der Waals surface area contributed by atoms with Gasteiger partial charge in [-0.15, -0.1) is 0 Å². The summed E-state index contributed by atoms with van der Waals surface area (Å²) in [5, 5.41) is 7.55. The highest BCUT2D eigenvalue weighted by atomic mass is 35.5. The number of benzene rings is 2. The first-order chi connectivity index (χ1) is 19.6. The third-order valence-electron chi connectivity index (χ3n) is 7.50. The van der Waals surface area contributed by atoms with E-state index in [-0.39, 0.29) is 5.91 Å². The second-order valence-corrected chi connectivity index (χ2v) is 14.5. The van der Waals surface area contributed by atoms with Crippen molar-refractivity contribution in [1.82, 2.24) is 19.8 Å². The largest absolute Gasteiger partial charge is 0.494 e. The monoisotopic (exact) mass is 597 g/mol. The number of methoxy groups -OCH3 is 1. The molecule has 1 fully saturated rings. The SMILES string of the molecule is COc1cc2c(cc1Nc1ncc(Cl)c(Nc3ccccc3P(C)(C)=O)n1)CCCN2C(=O)CN1CCN(C)CC1. The maximum Gasteiger partial charge on any atom is 0.241 e. The Balaban J connectivity index is 1.37. The molecule has 0 spiro atoms. The lowest BCUT2D eigenvalue weighted by molar-refractivity contribution is -0.120. The van der Waals surface area contributed by atoms with E-state index < -0.39 is 7.14 Å². The van der Waals surface area contributed by atoms with Gasteiger partial charge in [-0.05, 0) is 57.0 Å². The van der Waals surface area contributed by atoms with Gasteiger partial charge in [0.2, 0.25) is 11.9 Å². The van der Waals surface area contributed by atoms with E-state index in [1.807, 2.05) is 41.3 Å². The predicted molar refractivity (Wildman–Crippen MR) is 167 cm³/mol. The Bertz CT molecular complexity index is 1470. The van der Waals surface area contributed by atoms with Crippen molar-refractivity contribution in [2.45, 2.75) is 12.8 Å². The Kier molecular flexibility index (Phi) is 8.85. The molecule has 2 N–H and O–H groups in total. The molecule has 12 heteroatoms. The Morgan fingerprint density at radius 1 is 1.07 bits per heavy atom. The summed E-state index contributed by atoms with van der Waals surface area (Å²) in [7, 11) is 1.18. The van der Waals surface area contributed by atoms with Crippen LogP contribution in [0.25, 0.3) is 0 Å². The topological polar surface area (TPSA) is 103 Å². The van der Waals surface area contributed by atoms with E-state index >= 15 is 0 Å². The van der Waals surface area contributed by atoms with Crippen LogP contribution in [0.4, 0.5) is 28.8 Å². The quantitative estimate of drug-likeness (QED) is 0.366. The van der Waals surface area contributed by atoms with Crippen molar-refractivity contribution in [1.29, 1.82) is 0 Å². The first-order valence-electron chi connectivity index (χ1n) is 13.8. The number of piperazine rings is 1. The smallest absolute Gasteiger partial charge is 0.241 e. The summed E-state index contributed by atoms with van der Waals surface area (Å²) < 4.78 is 18.6. The molecule has 1 amide bonds. The van der Waals surface area contributed by atoms with Crippen molar-refractivity contribution in [3.05, 3.63) is 53.2 Å². The number of carbonyl (C=O) groups is 1. The third-order valence-corrected chi connectivity index (χ3v) is 9.33. The maximum atomic E-state index is 13.3. The number of hydrogen-bond donors (Lipinski definition) is 2. The maximum absolute atomic E-state index is 13.3. The van der Waals surface area contributed by atoms with Gasteiger partial charge in [0.1, 0.15) is 17.9 Å². The number of anilines is 5. The minimum absolute atomic E-state index is 0.110. The second kappa shape index (κ2) is 12.4. The summed E-state index contributed by atoms with van der Waals surface area (Å²) in [6, 6.07) is 11.3. The van der Waals surface area contributed by atoms with Gasteiger partial charge in [-0.3, -0.25) is 9.69 Å². The van der Waals surface area contributed by atoms with E-state index in [1.165, 1.54) is 6.20 Å². The van der Waals surface area contributed by atoms with E-state index in [0.29, 0.717) is 52.3 Å². The molecule has 218 valence electrons. The highest BCUT2D eigenvalue weighted by Gasteiger charge is 2.27. The summed E-state index contributed by atoms with van der Waals surface area (Å²) in [6.45, 7) is 8.30. The van der Waals surface area contributed by atoms with E-state index in [9.17, 15) is 9.36 Å². The minimum atomic E-state index is -2.54. The highest BCUT2D eigenvalue weighted by molar-refractivity contribution is 7.70. The molecule has 0 atom stereocenters. The molecular weight excluding hydrogens is 561 g/mol. The number of aromatic nitrogens is 2. The average Bonchev–Trinajstić information content (AvgIpc) is 2.95. The lowest BCUT2D eigenvalue weighted by atomic mass is 10.00. The van der Waals surface area contributed by atoms with Crippen molar-refractivity contribution in [3.8, 4) is 5.75 Å². The van der Waals surface area contributed by atoms with Crippen LogP contribution in [0.5, 0.6) is 5.75 Å². The van der Waals surface area contributed by atoms with Crippen LogP contribution in [0.15, 0.2) is 42.6 Å². The van der Waals surface area contributed by atoms with E-state index in [4.69, 9.17) is 16.3 Å².